The van der Waals surface area contributed by atoms with E-state index in [4.69, 9.17) is 20.6 Å². The summed E-state index contributed by atoms with van der Waals surface area (Å²) in [4.78, 5) is 0. The molecule has 1 saturated heterocycles. The Morgan fingerprint density at radius 3 is 2.75 bits per heavy atom. The monoisotopic (exact) mass is 172 g/mol. The Bertz CT molecular complexity index is 144. The highest BCUT2D eigenvalue weighted by Crippen LogP contribution is 2.14. The van der Waals surface area contributed by atoms with Crippen LogP contribution in [0.25, 0.3) is 0 Å². The van der Waals surface area contributed by atoms with E-state index in [2.05, 4.69) is 0 Å². The molecule has 1 rings (SSSR count). The predicted molar refractivity (Wildman–Crippen MR) is 46.3 cm³/mol. The van der Waals surface area contributed by atoms with Gasteiger partial charge >= 0.3 is 0 Å². The minimum atomic E-state index is 0.0991. The van der Waals surface area contributed by atoms with E-state index in [0.29, 0.717) is 12.5 Å². The van der Waals surface area contributed by atoms with Crippen LogP contribution < -0.4 is 5.73 Å². The lowest BCUT2D eigenvalue weighted by Gasteiger charge is -2.21. The lowest BCUT2D eigenvalue weighted by molar-refractivity contribution is 0.0290. The maximum Gasteiger partial charge on any atom is 0.117 e. The van der Waals surface area contributed by atoms with Crippen LogP contribution in [0, 0.1) is 11.3 Å². The van der Waals surface area contributed by atoms with E-state index in [1.54, 1.807) is 0 Å². The van der Waals surface area contributed by atoms with Gasteiger partial charge in [-0.3, -0.25) is 5.41 Å². The number of rotatable bonds is 4. The van der Waals surface area contributed by atoms with E-state index >= 15 is 0 Å². The Hall–Kier alpha value is -0.610. The van der Waals surface area contributed by atoms with E-state index in [-0.39, 0.29) is 12.4 Å². The summed E-state index contributed by atoms with van der Waals surface area (Å²) in [5.41, 5.74) is 5.14. The van der Waals surface area contributed by atoms with Crippen LogP contribution in [-0.2, 0) is 9.47 Å². The van der Waals surface area contributed by atoms with Gasteiger partial charge in [0.2, 0.25) is 0 Å². The zero-order valence-electron chi connectivity index (χ0n) is 7.21. The van der Waals surface area contributed by atoms with Crippen LogP contribution in [0.5, 0.6) is 0 Å². The summed E-state index contributed by atoms with van der Waals surface area (Å²) in [7, 11) is 0. The Morgan fingerprint density at radius 2 is 2.17 bits per heavy atom. The van der Waals surface area contributed by atoms with Crippen molar-refractivity contribution in [3.63, 3.8) is 0 Å². The molecule has 0 atom stereocenters. The molecule has 0 saturated carbocycles. The normalized spacial score (nSPS) is 19.3. The Balaban J connectivity index is 2.01. The average molecular weight is 172 g/mol. The van der Waals surface area contributed by atoms with Crippen molar-refractivity contribution < 1.29 is 9.47 Å². The third kappa shape index (κ3) is 3.69. The van der Waals surface area contributed by atoms with Crippen LogP contribution in [0.4, 0.5) is 0 Å². The Morgan fingerprint density at radius 1 is 1.50 bits per heavy atom. The molecule has 1 fully saturated rings. The van der Waals surface area contributed by atoms with Crippen molar-refractivity contribution in [3.8, 4) is 0 Å². The zero-order chi connectivity index (χ0) is 8.81. The minimum Gasteiger partial charge on any atom is -0.386 e. The number of hydrogen-bond donors (Lipinski definition) is 2. The molecule has 3 N–H and O–H groups in total. The van der Waals surface area contributed by atoms with Crippen LogP contribution in [0.1, 0.15) is 12.8 Å². The fourth-order valence-corrected chi connectivity index (χ4v) is 1.25. The summed E-state index contributed by atoms with van der Waals surface area (Å²) >= 11 is 0. The van der Waals surface area contributed by atoms with Gasteiger partial charge in [0.05, 0.1) is 6.61 Å². The summed E-state index contributed by atoms with van der Waals surface area (Å²) in [6, 6.07) is 0. The van der Waals surface area contributed by atoms with Gasteiger partial charge in [-0.05, 0) is 18.8 Å². The van der Waals surface area contributed by atoms with Gasteiger partial charge in [-0.1, -0.05) is 0 Å². The molecule has 1 aliphatic heterocycles. The first-order chi connectivity index (χ1) is 5.79. The second-order valence-electron chi connectivity index (χ2n) is 3.10. The van der Waals surface area contributed by atoms with Gasteiger partial charge in [0, 0.05) is 13.2 Å². The molecule has 0 amide bonds. The summed E-state index contributed by atoms with van der Waals surface area (Å²) in [6.07, 6.45) is 2.13. The number of ether oxygens (including phenoxy) is 2. The van der Waals surface area contributed by atoms with Crippen molar-refractivity contribution in [2.24, 2.45) is 11.7 Å². The summed E-state index contributed by atoms with van der Waals surface area (Å²) in [5, 5.41) is 6.94. The largest absolute Gasteiger partial charge is 0.386 e. The maximum atomic E-state index is 6.94. The fraction of sp³-hybridized carbons (Fsp3) is 0.875. The SMILES string of the molecule is N=C(N)COCC1CCOCC1. The van der Waals surface area contributed by atoms with Gasteiger partial charge in [-0.2, -0.15) is 0 Å². The van der Waals surface area contributed by atoms with E-state index in [1.807, 2.05) is 0 Å². The highest BCUT2D eigenvalue weighted by atomic mass is 16.5. The molecule has 0 radical (unpaired) electrons. The first-order valence-corrected chi connectivity index (χ1v) is 4.27. The van der Waals surface area contributed by atoms with Crippen molar-refractivity contribution in [2.45, 2.75) is 12.8 Å². The van der Waals surface area contributed by atoms with Crippen LogP contribution in [0.3, 0.4) is 0 Å². The van der Waals surface area contributed by atoms with E-state index in [0.717, 1.165) is 26.1 Å². The van der Waals surface area contributed by atoms with Crippen LogP contribution in [0.2, 0.25) is 0 Å². The smallest absolute Gasteiger partial charge is 0.117 e. The van der Waals surface area contributed by atoms with Crippen molar-refractivity contribution >= 4 is 5.84 Å². The second kappa shape index (κ2) is 5.11. The molecule has 0 unspecified atom stereocenters. The molecule has 0 aromatic rings. The van der Waals surface area contributed by atoms with Crippen molar-refractivity contribution in [3.05, 3.63) is 0 Å². The molecule has 0 bridgehead atoms. The predicted octanol–water partition coefficient (Wildman–Crippen LogP) is 0.366. The lowest BCUT2D eigenvalue weighted by atomic mass is 10.0. The molecule has 0 aliphatic carbocycles. The maximum absolute atomic E-state index is 6.94. The number of nitrogens with two attached hydrogens (primary N) is 1. The lowest BCUT2D eigenvalue weighted by Crippen LogP contribution is -2.23. The topological polar surface area (TPSA) is 68.3 Å². The van der Waals surface area contributed by atoms with Crippen molar-refractivity contribution in [1.29, 1.82) is 5.41 Å². The second-order valence-corrected chi connectivity index (χ2v) is 3.10. The fourth-order valence-electron chi connectivity index (χ4n) is 1.25. The minimum absolute atomic E-state index is 0.0991. The van der Waals surface area contributed by atoms with Gasteiger partial charge in [0.1, 0.15) is 12.4 Å². The van der Waals surface area contributed by atoms with Crippen LogP contribution in [0.15, 0.2) is 0 Å². The van der Waals surface area contributed by atoms with Crippen molar-refractivity contribution in [2.75, 3.05) is 26.4 Å². The molecule has 0 spiro atoms. The summed E-state index contributed by atoms with van der Waals surface area (Å²) in [6.45, 7) is 2.66. The van der Waals surface area contributed by atoms with Gasteiger partial charge in [0.25, 0.3) is 0 Å². The molecule has 70 valence electrons. The first kappa shape index (κ1) is 9.48. The van der Waals surface area contributed by atoms with E-state index in [9.17, 15) is 0 Å². The molecular weight excluding hydrogens is 156 g/mol. The highest BCUT2D eigenvalue weighted by molar-refractivity contribution is 5.78. The summed E-state index contributed by atoms with van der Waals surface area (Å²) in [5.74, 6) is 0.695. The van der Waals surface area contributed by atoms with E-state index < -0.39 is 0 Å². The van der Waals surface area contributed by atoms with Crippen LogP contribution >= 0.6 is 0 Å². The van der Waals surface area contributed by atoms with Gasteiger partial charge in [-0.15, -0.1) is 0 Å². The third-order valence-corrected chi connectivity index (χ3v) is 1.95. The number of nitrogens with one attached hydrogen (secondary N) is 1. The third-order valence-electron chi connectivity index (χ3n) is 1.95. The molecule has 0 aromatic carbocycles. The summed E-state index contributed by atoms with van der Waals surface area (Å²) < 4.78 is 10.4. The van der Waals surface area contributed by atoms with E-state index in [1.165, 1.54) is 0 Å². The Labute approximate surface area is 72.5 Å². The molecule has 4 heteroatoms. The molecule has 0 aromatic heterocycles. The highest BCUT2D eigenvalue weighted by Gasteiger charge is 2.13. The number of hydrogen-bond acceptors (Lipinski definition) is 3. The standard InChI is InChI=1S/C8H16N2O2/c9-8(10)6-12-5-7-1-3-11-4-2-7/h7H,1-6H2,(H3,9,10). The quantitative estimate of drug-likeness (QED) is 0.475. The first-order valence-electron chi connectivity index (χ1n) is 4.27. The molecule has 1 aliphatic rings. The molecular formula is C8H16N2O2. The number of amidine groups is 1. The van der Waals surface area contributed by atoms with Crippen molar-refractivity contribution in [1.82, 2.24) is 0 Å². The van der Waals surface area contributed by atoms with Gasteiger partial charge in [-0.25, -0.2) is 0 Å². The van der Waals surface area contributed by atoms with Gasteiger partial charge in [0.15, 0.2) is 0 Å². The average Bonchev–Trinajstić information content (AvgIpc) is 2.05. The van der Waals surface area contributed by atoms with Gasteiger partial charge < -0.3 is 15.2 Å². The molecule has 1 heterocycles. The molecule has 12 heavy (non-hydrogen) atoms. The zero-order valence-corrected chi connectivity index (χ0v) is 7.21. The molecule has 4 nitrogen and oxygen atoms in total. The van der Waals surface area contributed by atoms with Crippen LogP contribution in [-0.4, -0.2) is 32.3 Å². The Kier molecular flexibility index (Phi) is 4.04.